The average molecular weight is 558 g/mol. The number of anilines is 1. The number of thioether (sulfide) groups is 1. The number of carbonyl (C=O) groups is 2. The van der Waals surface area contributed by atoms with Crippen molar-refractivity contribution in [3.8, 4) is 11.4 Å². The quantitative estimate of drug-likeness (QED) is 0.230. The van der Waals surface area contributed by atoms with Crippen LogP contribution in [0.2, 0.25) is 0 Å². The summed E-state index contributed by atoms with van der Waals surface area (Å²) in [6, 6.07) is 19.0. The van der Waals surface area contributed by atoms with E-state index in [1.54, 1.807) is 31.4 Å². The van der Waals surface area contributed by atoms with Crippen molar-refractivity contribution in [3.63, 3.8) is 0 Å². The third kappa shape index (κ3) is 6.54. The second-order valence-electron chi connectivity index (χ2n) is 9.36. The summed E-state index contributed by atoms with van der Waals surface area (Å²) >= 11 is 1.32. The summed E-state index contributed by atoms with van der Waals surface area (Å²) in [5.41, 5.74) is 6.78. The average Bonchev–Trinajstić information content (AvgIpc) is 3.38. The molecule has 0 unspecified atom stereocenters. The number of carbonyl (C=O) groups excluding carboxylic acids is 2. The van der Waals surface area contributed by atoms with Crippen molar-refractivity contribution in [2.24, 2.45) is 0 Å². The van der Waals surface area contributed by atoms with Crippen molar-refractivity contribution in [1.82, 2.24) is 20.1 Å². The first-order valence-electron chi connectivity index (χ1n) is 13.3. The summed E-state index contributed by atoms with van der Waals surface area (Å²) in [6.45, 7) is 8.41. The van der Waals surface area contributed by atoms with Crippen LogP contribution in [0.15, 0.2) is 65.8 Å². The lowest BCUT2D eigenvalue weighted by Gasteiger charge is -2.18. The first-order valence-corrected chi connectivity index (χ1v) is 14.3. The van der Waals surface area contributed by atoms with Gasteiger partial charge in [0.05, 0.1) is 25.1 Å². The summed E-state index contributed by atoms with van der Waals surface area (Å²) in [4.78, 5) is 25.8. The molecular weight excluding hydrogens is 522 g/mol. The standard InChI is InChI=1S/C31H35N5O3S/c1-6-22-11-9-12-23(7-2)29(22)36-27(18-32-30(38)24-14-16-25(39-5)17-15-24)34-35-31(36)40-19-28(37)33-26-13-8-10-20(3)21(26)4/h8-17H,6-7,18-19H2,1-5H3,(H,32,38)(H,33,37). The molecule has 4 rings (SSSR count). The third-order valence-electron chi connectivity index (χ3n) is 6.86. The lowest BCUT2D eigenvalue weighted by molar-refractivity contribution is -0.113. The molecule has 2 N–H and O–H groups in total. The van der Waals surface area contributed by atoms with Gasteiger partial charge in [-0.3, -0.25) is 14.2 Å². The van der Waals surface area contributed by atoms with Gasteiger partial charge in [-0.15, -0.1) is 10.2 Å². The number of ether oxygens (including phenoxy) is 1. The molecule has 0 spiro atoms. The van der Waals surface area contributed by atoms with Gasteiger partial charge in [-0.05, 0) is 79.3 Å². The molecule has 0 aliphatic heterocycles. The molecule has 4 aromatic rings. The minimum atomic E-state index is -0.223. The number of aromatic nitrogens is 3. The molecule has 1 heterocycles. The van der Waals surface area contributed by atoms with Crippen LogP contribution < -0.4 is 15.4 Å². The largest absolute Gasteiger partial charge is 0.497 e. The monoisotopic (exact) mass is 557 g/mol. The van der Waals surface area contributed by atoms with Gasteiger partial charge < -0.3 is 15.4 Å². The van der Waals surface area contributed by atoms with Crippen molar-refractivity contribution < 1.29 is 14.3 Å². The van der Waals surface area contributed by atoms with E-state index in [9.17, 15) is 9.59 Å². The van der Waals surface area contributed by atoms with E-state index in [0.717, 1.165) is 46.5 Å². The topological polar surface area (TPSA) is 98.1 Å². The van der Waals surface area contributed by atoms with Crippen LogP contribution in [0.1, 0.15) is 52.3 Å². The zero-order chi connectivity index (χ0) is 28.6. The fourth-order valence-electron chi connectivity index (χ4n) is 4.44. The Morgan fingerprint density at radius 2 is 1.60 bits per heavy atom. The first kappa shape index (κ1) is 28.9. The number of nitrogens with zero attached hydrogens (tertiary/aromatic N) is 3. The second kappa shape index (κ2) is 13.3. The van der Waals surface area contributed by atoms with Crippen LogP contribution in [0, 0.1) is 13.8 Å². The highest BCUT2D eigenvalue weighted by molar-refractivity contribution is 7.99. The van der Waals surface area contributed by atoms with E-state index < -0.39 is 0 Å². The Morgan fingerprint density at radius 1 is 0.925 bits per heavy atom. The molecule has 3 aromatic carbocycles. The predicted octanol–water partition coefficient (Wildman–Crippen LogP) is 5.68. The molecule has 0 fully saturated rings. The number of para-hydroxylation sites is 1. The lowest BCUT2D eigenvalue weighted by atomic mass is 10.0. The number of aryl methyl sites for hydroxylation is 3. The van der Waals surface area contributed by atoms with Gasteiger partial charge in [0.15, 0.2) is 11.0 Å². The molecule has 0 saturated carbocycles. The molecule has 0 aliphatic rings. The van der Waals surface area contributed by atoms with E-state index in [1.165, 1.54) is 11.8 Å². The summed E-state index contributed by atoms with van der Waals surface area (Å²) < 4.78 is 7.18. The summed E-state index contributed by atoms with van der Waals surface area (Å²) in [6.07, 6.45) is 1.63. The molecule has 8 nitrogen and oxygen atoms in total. The maximum absolute atomic E-state index is 12.9. The Morgan fingerprint density at radius 3 is 2.25 bits per heavy atom. The molecular formula is C31H35N5O3S. The maximum Gasteiger partial charge on any atom is 0.251 e. The van der Waals surface area contributed by atoms with Crippen molar-refractivity contribution in [1.29, 1.82) is 0 Å². The highest BCUT2D eigenvalue weighted by atomic mass is 32.2. The van der Waals surface area contributed by atoms with Crippen molar-refractivity contribution >= 4 is 29.3 Å². The third-order valence-corrected chi connectivity index (χ3v) is 7.79. The molecule has 0 radical (unpaired) electrons. The van der Waals surface area contributed by atoms with Gasteiger partial charge in [0, 0.05) is 11.3 Å². The molecule has 1 aromatic heterocycles. The zero-order valence-corrected chi connectivity index (χ0v) is 24.4. The summed E-state index contributed by atoms with van der Waals surface area (Å²) in [5, 5.41) is 15.5. The lowest BCUT2D eigenvalue weighted by Crippen LogP contribution is -2.25. The van der Waals surface area contributed by atoms with Crippen LogP contribution in [0.4, 0.5) is 5.69 Å². The predicted molar refractivity (Wildman–Crippen MR) is 160 cm³/mol. The Labute approximate surface area is 239 Å². The number of methoxy groups -OCH3 is 1. The van der Waals surface area contributed by atoms with E-state index in [4.69, 9.17) is 4.74 Å². The summed E-state index contributed by atoms with van der Waals surface area (Å²) in [7, 11) is 1.59. The second-order valence-corrected chi connectivity index (χ2v) is 10.3. The van der Waals surface area contributed by atoms with Crippen LogP contribution in [0.5, 0.6) is 5.75 Å². The van der Waals surface area contributed by atoms with Gasteiger partial charge >= 0.3 is 0 Å². The Hall–Kier alpha value is -4.11. The van der Waals surface area contributed by atoms with Crippen molar-refractivity contribution in [2.75, 3.05) is 18.2 Å². The van der Waals surface area contributed by atoms with E-state index in [0.29, 0.717) is 22.3 Å². The molecule has 0 aliphatic carbocycles. The fraction of sp³-hybridized carbons (Fsp3) is 0.290. The van der Waals surface area contributed by atoms with Crippen LogP contribution in [-0.2, 0) is 24.2 Å². The molecule has 0 saturated heterocycles. The van der Waals surface area contributed by atoms with E-state index >= 15 is 0 Å². The molecule has 9 heteroatoms. The van der Waals surface area contributed by atoms with Crippen LogP contribution in [-0.4, -0.2) is 39.4 Å². The Kier molecular flexibility index (Phi) is 9.60. The molecule has 40 heavy (non-hydrogen) atoms. The molecule has 0 bridgehead atoms. The highest BCUT2D eigenvalue weighted by Gasteiger charge is 2.21. The van der Waals surface area contributed by atoms with Gasteiger partial charge in [0.1, 0.15) is 5.75 Å². The molecule has 208 valence electrons. The Bertz CT molecular complexity index is 1480. The SMILES string of the molecule is CCc1cccc(CC)c1-n1c(CNC(=O)c2ccc(OC)cc2)nnc1SCC(=O)Nc1cccc(C)c1C. The number of hydrogen-bond acceptors (Lipinski definition) is 6. The molecule has 0 atom stereocenters. The van der Waals surface area contributed by atoms with Gasteiger partial charge in [0.25, 0.3) is 5.91 Å². The number of nitrogens with one attached hydrogen (secondary N) is 2. The van der Waals surface area contributed by atoms with Crippen LogP contribution >= 0.6 is 11.8 Å². The van der Waals surface area contributed by atoms with E-state index in [2.05, 4.69) is 52.9 Å². The summed E-state index contributed by atoms with van der Waals surface area (Å²) in [5.74, 6) is 1.10. The zero-order valence-electron chi connectivity index (χ0n) is 23.6. The number of benzene rings is 3. The normalized spacial score (nSPS) is 10.8. The minimum Gasteiger partial charge on any atom is -0.497 e. The number of amides is 2. The maximum atomic E-state index is 12.9. The number of hydrogen-bond donors (Lipinski definition) is 2. The van der Waals surface area contributed by atoms with Gasteiger partial charge in [0.2, 0.25) is 5.91 Å². The van der Waals surface area contributed by atoms with Crippen LogP contribution in [0.3, 0.4) is 0 Å². The van der Waals surface area contributed by atoms with Crippen molar-refractivity contribution in [2.45, 2.75) is 52.2 Å². The smallest absolute Gasteiger partial charge is 0.251 e. The van der Waals surface area contributed by atoms with E-state index in [1.807, 2.05) is 36.6 Å². The van der Waals surface area contributed by atoms with E-state index in [-0.39, 0.29) is 24.1 Å². The first-order chi connectivity index (χ1) is 19.4. The Balaban J connectivity index is 1.60. The number of rotatable bonds is 11. The van der Waals surface area contributed by atoms with Crippen molar-refractivity contribution in [3.05, 3.63) is 94.3 Å². The van der Waals surface area contributed by atoms with Gasteiger partial charge in [-0.2, -0.15) is 0 Å². The van der Waals surface area contributed by atoms with Gasteiger partial charge in [-0.1, -0.05) is 55.9 Å². The fourth-order valence-corrected chi connectivity index (χ4v) is 5.20. The molecule has 2 amide bonds. The minimum absolute atomic E-state index is 0.123. The highest BCUT2D eigenvalue weighted by Crippen LogP contribution is 2.29. The van der Waals surface area contributed by atoms with Gasteiger partial charge in [-0.25, -0.2) is 0 Å². The van der Waals surface area contributed by atoms with Crippen LogP contribution in [0.25, 0.3) is 5.69 Å².